The molecule has 2 aromatic heterocycles. The number of amidine groups is 1. The van der Waals surface area contributed by atoms with E-state index in [9.17, 15) is 9.90 Å². The van der Waals surface area contributed by atoms with E-state index < -0.39 is 6.09 Å². The zero-order valence-electron chi connectivity index (χ0n) is 24.1. The standard InChI is InChI=1S/C31H42N8O2/c1-19-13-15-21(16-14-19)18-39-25-27(33-20(2)22-10-6-11-22)35-29(26(32)34-31(40)41)36-28(25)37-30(39)38-17-7-12-24(38)23-8-4-3-5-9-23/h3-5,8-9,19-22,24H,6-7,10-18H2,1-2H3,(H2,32,34)(H,40,41)(H,33,35,36)/t19-,20-,21-,24?/m1/s1. The lowest BCUT2D eigenvalue weighted by Gasteiger charge is -2.33. The van der Waals surface area contributed by atoms with Crippen LogP contribution in [0.5, 0.6) is 0 Å². The van der Waals surface area contributed by atoms with Gasteiger partial charge in [0.1, 0.15) is 5.52 Å². The topological polar surface area (TPSA) is 132 Å². The van der Waals surface area contributed by atoms with Crippen LogP contribution in [0.1, 0.15) is 89.1 Å². The van der Waals surface area contributed by atoms with E-state index in [-0.39, 0.29) is 23.7 Å². The van der Waals surface area contributed by atoms with Crippen molar-refractivity contribution >= 4 is 34.9 Å². The molecule has 2 saturated carbocycles. The number of fused-ring (bicyclic) bond motifs is 1. The summed E-state index contributed by atoms with van der Waals surface area (Å²) in [5, 5.41) is 23.4. The van der Waals surface area contributed by atoms with Gasteiger partial charge in [-0.15, -0.1) is 0 Å². The van der Waals surface area contributed by atoms with Gasteiger partial charge < -0.3 is 19.9 Å². The lowest BCUT2D eigenvalue weighted by molar-refractivity contribution is 0.200. The van der Waals surface area contributed by atoms with Crippen LogP contribution >= 0.6 is 0 Å². The van der Waals surface area contributed by atoms with Gasteiger partial charge in [-0.2, -0.15) is 4.98 Å². The zero-order chi connectivity index (χ0) is 28.5. The highest BCUT2D eigenvalue weighted by Crippen LogP contribution is 2.40. The number of carboxylic acid groups (broad SMARTS) is 1. The van der Waals surface area contributed by atoms with Crippen molar-refractivity contribution in [2.24, 2.45) is 17.8 Å². The first-order valence-electron chi connectivity index (χ1n) is 15.3. The fourth-order valence-electron chi connectivity index (χ4n) is 6.86. The first kappa shape index (κ1) is 27.5. The minimum atomic E-state index is -1.31. The molecule has 3 aliphatic rings. The molecule has 0 radical (unpaired) electrons. The number of nitrogens with zero attached hydrogens (tertiary/aromatic N) is 5. The molecular formula is C31H42N8O2. The SMILES string of the molecule is C[C@@H](Nc1nc(C(=N)NC(=O)O)nc2nc(N3CCCC3c3ccccc3)n(C[C@H]3CC[C@H](C)CC3)c12)C1CCC1. The quantitative estimate of drug-likeness (QED) is 0.191. The summed E-state index contributed by atoms with van der Waals surface area (Å²) < 4.78 is 2.34. The molecule has 2 atom stereocenters. The molecule has 1 saturated heterocycles. The zero-order valence-corrected chi connectivity index (χ0v) is 24.1. The number of hydrogen-bond donors (Lipinski definition) is 4. The number of hydrogen-bond acceptors (Lipinski definition) is 7. The predicted molar refractivity (Wildman–Crippen MR) is 161 cm³/mol. The van der Waals surface area contributed by atoms with Crippen molar-refractivity contribution < 1.29 is 9.90 Å². The molecule has 0 spiro atoms. The van der Waals surface area contributed by atoms with E-state index in [1.165, 1.54) is 50.5 Å². The van der Waals surface area contributed by atoms with Gasteiger partial charge in [-0.1, -0.05) is 56.5 Å². The smallest absolute Gasteiger partial charge is 0.410 e. The first-order chi connectivity index (χ1) is 19.9. The van der Waals surface area contributed by atoms with Gasteiger partial charge in [0.05, 0.1) is 6.04 Å². The molecule has 10 heteroatoms. The molecule has 41 heavy (non-hydrogen) atoms. The summed E-state index contributed by atoms with van der Waals surface area (Å²) in [5.41, 5.74) is 2.65. The van der Waals surface area contributed by atoms with Crippen LogP contribution in [-0.4, -0.2) is 49.1 Å². The maximum Gasteiger partial charge on any atom is 0.410 e. The second kappa shape index (κ2) is 11.7. The Morgan fingerprint density at radius 2 is 1.80 bits per heavy atom. The van der Waals surface area contributed by atoms with Crippen LogP contribution in [0.4, 0.5) is 16.6 Å². The highest BCUT2D eigenvalue weighted by Gasteiger charge is 2.33. The van der Waals surface area contributed by atoms with Gasteiger partial charge in [-0.05, 0) is 68.8 Å². The number of rotatable bonds is 8. The molecule has 0 bridgehead atoms. The van der Waals surface area contributed by atoms with E-state index in [0.717, 1.165) is 43.3 Å². The van der Waals surface area contributed by atoms with E-state index in [1.54, 1.807) is 0 Å². The van der Waals surface area contributed by atoms with Crippen LogP contribution in [0.3, 0.4) is 0 Å². The van der Waals surface area contributed by atoms with E-state index in [2.05, 4.69) is 69.3 Å². The highest BCUT2D eigenvalue weighted by molar-refractivity contribution is 6.03. The van der Waals surface area contributed by atoms with Crippen molar-refractivity contribution in [3.05, 3.63) is 41.7 Å². The number of amides is 1. The third-order valence-corrected chi connectivity index (χ3v) is 9.53. The third-order valence-electron chi connectivity index (χ3n) is 9.53. The van der Waals surface area contributed by atoms with Gasteiger partial charge in [-0.25, -0.2) is 14.8 Å². The molecule has 4 N–H and O–H groups in total. The molecule has 10 nitrogen and oxygen atoms in total. The summed E-state index contributed by atoms with van der Waals surface area (Å²) >= 11 is 0. The molecular weight excluding hydrogens is 516 g/mol. The Morgan fingerprint density at radius 1 is 1.05 bits per heavy atom. The van der Waals surface area contributed by atoms with Gasteiger partial charge in [-0.3, -0.25) is 10.7 Å². The van der Waals surface area contributed by atoms with E-state index in [0.29, 0.717) is 23.3 Å². The van der Waals surface area contributed by atoms with E-state index >= 15 is 0 Å². The van der Waals surface area contributed by atoms with Crippen molar-refractivity contribution in [3.8, 4) is 0 Å². The predicted octanol–water partition coefficient (Wildman–Crippen LogP) is 6.19. The van der Waals surface area contributed by atoms with E-state index in [1.807, 2.05) is 0 Å². The summed E-state index contributed by atoms with van der Waals surface area (Å²) in [5.74, 6) is 3.10. The van der Waals surface area contributed by atoms with Crippen molar-refractivity contribution in [2.75, 3.05) is 16.8 Å². The molecule has 3 fully saturated rings. The van der Waals surface area contributed by atoms with Crippen LogP contribution in [0.15, 0.2) is 30.3 Å². The second-order valence-electron chi connectivity index (χ2n) is 12.4. The fraction of sp³-hybridized carbons (Fsp3) is 0.581. The summed E-state index contributed by atoms with van der Waals surface area (Å²) in [6.45, 7) is 6.29. The Labute approximate surface area is 241 Å². The Balaban J connectivity index is 1.47. The normalized spacial score (nSPS) is 23.8. The Kier molecular flexibility index (Phi) is 7.81. The van der Waals surface area contributed by atoms with Crippen LogP contribution in [0.2, 0.25) is 0 Å². The van der Waals surface area contributed by atoms with Gasteiger partial charge >= 0.3 is 6.09 Å². The second-order valence-corrected chi connectivity index (χ2v) is 12.4. The Hall–Kier alpha value is -3.69. The van der Waals surface area contributed by atoms with Gasteiger partial charge in [0, 0.05) is 19.1 Å². The molecule has 2 aliphatic carbocycles. The molecule has 1 unspecified atom stereocenters. The number of imidazole rings is 1. The minimum Gasteiger partial charge on any atom is -0.465 e. The van der Waals surface area contributed by atoms with Crippen LogP contribution in [0.25, 0.3) is 11.2 Å². The van der Waals surface area contributed by atoms with E-state index in [4.69, 9.17) is 15.4 Å². The van der Waals surface area contributed by atoms with Gasteiger partial charge in [0.25, 0.3) is 0 Å². The number of anilines is 2. The average molecular weight is 559 g/mol. The monoisotopic (exact) mass is 558 g/mol. The number of carbonyl (C=O) groups is 1. The lowest BCUT2D eigenvalue weighted by atomic mass is 9.80. The average Bonchev–Trinajstić information content (AvgIpc) is 3.54. The first-order valence-corrected chi connectivity index (χ1v) is 15.3. The van der Waals surface area contributed by atoms with Crippen LogP contribution in [-0.2, 0) is 6.54 Å². The molecule has 1 aromatic carbocycles. The molecule has 6 rings (SSSR count). The maximum atomic E-state index is 11.3. The molecule has 218 valence electrons. The number of nitrogens with one attached hydrogen (secondary N) is 3. The van der Waals surface area contributed by atoms with Crippen molar-refractivity contribution in [3.63, 3.8) is 0 Å². The largest absolute Gasteiger partial charge is 0.465 e. The van der Waals surface area contributed by atoms with Crippen molar-refractivity contribution in [1.29, 1.82) is 5.41 Å². The summed E-state index contributed by atoms with van der Waals surface area (Å²) in [6.07, 6.45) is 9.30. The van der Waals surface area contributed by atoms with Gasteiger partial charge in [0.15, 0.2) is 23.1 Å². The molecule has 1 amide bonds. The number of aromatic nitrogens is 4. The highest BCUT2D eigenvalue weighted by atomic mass is 16.4. The summed E-state index contributed by atoms with van der Waals surface area (Å²) in [7, 11) is 0. The maximum absolute atomic E-state index is 11.3. The Morgan fingerprint density at radius 3 is 2.49 bits per heavy atom. The van der Waals surface area contributed by atoms with Crippen LogP contribution < -0.4 is 15.5 Å². The van der Waals surface area contributed by atoms with Crippen LogP contribution in [0, 0.1) is 23.2 Å². The van der Waals surface area contributed by atoms with Crippen molar-refractivity contribution in [2.45, 2.75) is 90.3 Å². The number of benzene rings is 1. The van der Waals surface area contributed by atoms with Crippen molar-refractivity contribution in [1.82, 2.24) is 24.8 Å². The summed E-state index contributed by atoms with van der Waals surface area (Å²) in [4.78, 5) is 28.3. The molecule has 3 heterocycles. The Bertz CT molecular complexity index is 1390. The fourth-order valence-corrected chi connectivity index (χ4v) is 6.86. The lowest BCUT2D eigenvalue weighted by Crippen LogP contribution is -2.33. The van der Waals surface area contributed by atoms with Gasteiger partial charge in [0.2, 0.25) is 5.95 Å². The third kappa shape index (κ3) is 5.74. The minimum absolute atomic E-state index is 0.0342. The molecule has 3 aromatic rings. The molecule has 1 aliphatic heterocycles. The summed E-state index contributed by atoms with van der Waals surface area (Å²) in [6, 6.07) is 11.1.